The van der Waals surface area contributed by atoms with Crippen LogP contribution in [0.15, 0.2) is 0 Å². The summed E-state index contributed by atoms with van der Waals surface area (Å²) in [4.78, 5) is 0. The summed E-state index contributed by atoms with van der Waals surface area (Å²) in [6.07, 6.45) is 0. The van der Waals surface area contributed by atoms with Crippen LogP contribution in [0.4, 0.5) is 0 Å². The van der Waals surface area contributed by atoms with E-state index in [1.165, 1.54) is 0 Å². The second-order valence-corrected chi connectivity index (χ2v) is 0. The Kier molecular flexibility index (Phi) is 2430. The molecule has 2 N–H and O–H groups in total. The molecule has 0 aromatic rings. The predicted octanol–water partition coefficient (Wildman–Crippen LogP) is 0.361. The summed E-state index contributed by atoms with van der Waals surface area (Å²) in [6, 6.07) is 0. The maximum atomic E-state index is 8.19. The van der Waals surface area contributed by atoms with Crippen LogP contribution in [-0.2, 0) is 21.0 Å². The van der Waals surface area contributed by atoms with Crippen LogP contribution in [-0.4, -0.2) is 24.4 Å². The Bertz CT molecular complexity index is 17.0. The second-order valence-electron chi connectivity index (χ2n) is 0. The van der Waals surface area contributed by atoms with Gasteiger partial charge in [-0.15, -0.1) is 37.2 Å². The van der Waals surface area contributed by atoms with Gasteiger partial charge in [-0.1, -0.05) is 0 Å². The normalized spacial score (nSPS) is 1.67. The minimum atomic E-state index is 0. The number of hydrogen-bond acceptors (Lipinski definition) is 3. The minimum absolute atomic E-state index is 0. The van der Waals surface area contributed by atoms with Gasteiger partial charge >= 0.3 is 21.0 Å². The fourth-order valence-corrected chi connectivity index (χ4v) is 0. The van der Waals surface area contributed by atoms with E-state index in [4.69, 9.17) is 13.9 Å². The van der Waals surface area contributed by atoms with Crippen LogP contribution in [0, 0.1) is 0 Å². The number of rotatable bonds is 0. The van der Waals surface area contributed by atoms with E-state index in [2.05, 4.69) is 0 Å². The van der Waals surface area contributed by atoms with Crippen molar-refractivity contribution in [3.63, 3.8) is 0 Å². The molecule has 0 saturated heterocycles. The Morgan fingerprint density at radius 1 is 0.778 bits per heavy atom. The van der Waals surface area contributed by atoms with E-state index >= 15 is 0 Å². The van der Waals surface area contributed by atoms with Crippen molar-refractivity contribution in [2.45, 2.75) is 0 Å². The summed E-state index contributed by atoms with van der Waals surface area (Å²) < 4.78 is 8.19. The standard InChI is InChI=1S/2CH4O.3ClH.O.V/c2*1-2;;;;;/h2*2H,1H3;3*1H;;. The molecule has 63 valence electrons. The SMILES string of the molecule is CO.CO.Cl.Cl.Cl.[O]=[V]. The third kappa shape index (κ3) is 342. The third-order valence-corrected chi connectivity index (χ3v) is 0. The zero-order valence-electron chi connectivity index (χ0n) is 4.97. The molecule has 0 aromatic carbocycles. The molecule has 0 bridgehead atoms. The summed E-state index contributed by atoms with van der Waals surface area (Å²) in [5.74, 6) is 0. The number of hydrogen-bond donors (Lipinski definition) is 2. The molecule has 0 aliphatic heterocycles. The van der Waals surface area contributed by atoms with Crippen LogP contribution in [0.3, 0.4) is 0 Å². The molecule has 0 radical (unpaired) electrons. The predicted molar refractivity (Wildman–Crippen MR) is 38.7 cm³/mol. The molecule has 0 aliphatic rings. The van der Waals surface area contributed by atoms with E-state index in [-0.39, 0.29) is 37.2 Å². The first kappa shape index (κ1) is 49.1. The third-order valence-electron chi connectivity index (χ3n) is 0. The van der Waals surface area contributed by atoms with Crippen molar-refractivity contribution in [3.8, 4) is 0 Å². The van der Waals surface area contributed by atoms with Gasteiger partial charge in [0, 0.05) is 14.2 Å². The first-order valence-corrected chi connectivity index (χ1v) is 1.65. The van der Waals surface area contributed by atoms with Crippen molar-refractivity contribution in [2.24, 2.45) is 0 Å². The van der Waals surface area contributed by atoms with E-state index in [9.17, 15) is 0 Å². The van der Waals surface area contributed by atoms with Crippen molar-refractivity contribution in [2.75, 3.05) is 14.2 Å². The summed E-state index contributed by atoms with van der Waals surface area (Å²) in [5.41, 5.74) is 0. The Morgan fingerprint density at radius 3 is 0.778 bits per heavy atom. The van der Waals surface area contributed by atoms with Gasteiger partial charge in [0.2, 0.25) is 0 Å². The van der Waals surface area contributed by atoms with Crippen LogP contribution >= 0.6 is 37.2 Å². The monoisotopic (exact) mass is 239 g/mol. The van der Waals surface area contributed by atoms with Crippen molar-refractivity contribution in [1.82, 2.24) is 0 Å². The molecule has 0 aromatic heterocycles. The van der Waals surface area contributed by atoms with Crippen molar-refractivity contribution in [1.29, 1.82) is 0 Å². The van der Waals surface area contributed by atoms with Crippen molar-refractivity contribution >= 4 is 37.2 Å². The Balaban J connectivity index is -0.00000000321. The zero-order valence-corrected chi connectivity index (χ0v) is 8.82. The number of aliphatic hydroxyl groups excluding tert-OH is 2. The fourth-order valence-electron chi connectivity index (χ4n) is 0. The number of halogens is 3. The van der Waals surface area contributed by atoms with Crippen molar-refractivity contribution in [3.05, 3.63) is 0 Å². The molecule has 3 nitrogen and oxygen atoms in total. The number of aliphatic hydroxyl groups is 2. The van der Waals surface area contributed by atoms with Gasteiger partial charge in [0.1, 0.15) is 0 Å². The molecule has 0 rings (SSSR count). The zero-order chi connectivity index (χ0) is 6.00. The molecular weight excluding hydrogens is 229 g/mol. The molecule has 0 amide bonds. The fraction of sp³-hybridized carbons (Fsp3) is 1.00. The van der Waals surface area contributed by atoms with Gasteiger partial charge in [0.25, 0.3) is 0 Å². The van der Waals surface area contributed by atoms with E-state index in [0.717, 1.165) is 31.6 Å². The average Bonchev–Trinajstić information content (AvgIpc) is 1.81. The molecule has 0 heterocycles. The van der Waals surface area contributed by atoms with Gasteiger partial charge in [0.05, 0.1) is 0 Å². The van der Waals surface area contributed by atoms with Gasteiger partial charge in [-0.25, -0.2) is 0 Å². The van der Waals surface area contributed by atoms with Crippen molar-refractivity contribution < 1.29 is 31.3 Å². The molecule has 0 saturated carbocycles. The average molecular weight is 240 g/mol. The van der Waals surface area contributed by atoms with E-state index in [1.807, 2.05) is 0 Å². The topological polar surface area (TPSA) is 57.5 Å². The van der Waals surface area contributed by atoms with Crippen LogP contribution in [0.2, 0.25) is 0 Å². The van der Waals surface area contributed by atoms with Gasteiger partial charge < -0.3 is 10.2 Å². The first-order valence-electron chi connectivity index (χ1n) is 1.08. The van der Waals surface area contributed by atoms with Gasteiger partial charge in [0.15, 0.2) is 0 Å². The quantitative estimate of drug-likeness (QED) is 0.643. The first-order chi connectivity index (χ1) is 3.00. The van der Waals surface area contributed by atoms with E-state index < -0.39 is 0 Å². The Labute approximate surface area is 82.7 Å². The molecule has 9 heavy (non-hydrogen) atoms. The molecule has 0 atom stereocenters. The second kappa shape index (κ2) is 444. The van der Waals surface area contributed by atoms with Crippen LogP contribution in [0.25, 0.3) is 0 Å². The summed E-state index contributed by atoms with van der Waals surface area (Å²) in [6.45, 7) is 0. The van der Waals surface area contributed by atoms with E-state index in [0.29, 0.717) is 0 Å². The van der Waals surface area contributed by atoms with Crippen LogP contribution < -0.4 is 0 Å². The molecule has 7 heteroatoms. The van der Waals surface area contributed by atoms with Crippen LogP contribution in [0.5, 0.6) is 0 Å². The van der Waals surface area contributed by atoms with E-state index in [1.54, 1.807) is 0 Å². The molecule has 0 fully saturated rings. The Hall–Kier alpha value is 1.17. The maximum absolute atomic E-state index is 8.19. The van der Waals surface area contributed by atoms with Gasteiger partial charge in [-0.3, -0.25) is 0 Å². The van der Waals surface area contributed by atoms with Gasteiger partial charge in [-0.2, -0.15) is 0 Å². The van der Waals surface area contributed by atoms with Crippen LogP contribution in [0.1, 0.15) is 0 Å². The summed E-state index contributed by atoms with van der Waals surface area (Å²) >= 11 is 1.06. The molecule has 0 unspecified atom stereocenters. The summed E-state index contributed by atoms with van der Waals surface area (Å²) in [5, 5.41) is 14.0. The molecular formula is C2H11Cl3O3V. The Morgan fingerprint density at radius 2 is 0.778 bits per heavy atom. The van der Waals surface area contributed by atoms with Gasteiger partial charge in [-0.05, 0) is 0 Å². The molecule has 0 aliphatic carbocycles. The summed E-state index contributed by atoms with van der Waals surface area (Å²) in [7, 11) is 2.00. The molecule has 0 spiro atoms.